The van der Waals surface area contributed by atoms with Gasteiger partial charge in [0.25, 0.3) is 0 Å². The number of nitrogens with one attached hydrogen (secondary N) is 2. The van der Waals surface area contributed by atoms with E-state index in [1.165, 1.54) is 13.1 Å². The Kier molecular flexibility index (Phi) is 5.31. The highest BCUT2D eigenvalue weighted by molar-refractivity contribution is 4.66. The van der Waals surface area contributed by atoms with Gasteiger partial charge in [0, 0.05) is 45.9 Å². The molecule has 1 rings (SSSR count). The van der Waals surface area contributed by atoms with Crippen LogP contribution in [0.1, 0.15) is 0 Å². The molecule has 0 spiro atoms. The van der Waals surface area contributed by atoms with Gasteiger partial charge in [0.05, 0.1) is 0 Å². The van der Waals surface area contributed by atoms with Crippen molar-refractivity contribution in [3.8, 4) is 0 Å². The van der Waals surface area contributed by atoms with E-state index in [2.05, 4.69) is 34.5 Å². The molecule has 0 aromatic rings. The molecule has 0 aliphatic carbocycles. The molecule has 1 heterocycles. The van der Waals surface area contributed by atoms with Crippen molar-refractivity contribution in [2.45, 2.75) is 0 Å². The topological polar surface area (TPSA) is 30.5 Å². The van der Waals surface area contributed by atoms with Crippen LogP contribution in [0.4, 0.5) is 0 Å². The van der Waals surface area contributed by atoms with Gasteiger partial charge in [-0.15, -0.1) is 0 Å². The van der Waals surface area contributed by atoms with Crippen LogP contribution in [-0.4, -0.2) is 69.8 Å². The third-order valence-corrected chi connectivity index (χ3v) is 2.28. The molecule has 0 radical (unpaired) electrons. The summed E-state index contributed by atoms with van der Waals surface area (Å²) in [5.41, 5.74) is 0. The standard InChI is InChI=1S/C9H22N4/c1-12(2)6-3-11-9-13-7-4-10-5-8-13/h10-11H,3-9H2,1-2H3. The van der Waals surface area contributed by atoms with Gasteiger partial charge in [0.15, 0.2) is 0 Å². The Labute approximate surface area is 81.3 Å². The van der Waals surface area contributed by atoms with E-state index in [0.29, 0.717) is 0 Å². The molecule has 13 heavy (non-hydrogen) atoms. The summed E-state index contributed by atoms with van der Waals surface area (Å²) in [5, 5.41) is 6.79. The van der Waals surface area contributed by atoms with E-state index in [9.17, 15) is 0 Å². The minimum atomic E-state index is 1.04. The minimum Gasteiger partial charge on any atom is -0.314 e. The maximum Gasteiger partial charge on any atom is 0.0481 e. The highest BCUT2D eigenvalue weighted by atomic mass is 15.3. The molecule has 1 fully saturated rings. The zero-order chi connectivity index (χ0) is 9.52. The second-order valence-electron chi connectivity index (χ2n) is 3.83. The lowest BCUT2D eigenvalue weighted by molar-refractivity contribution is 0.220. The van der Waals surface area contributed by atoms with Crippen molar-refractivity contribution < 1.29 is 0 Å². The van der Waals surface area contributed by atoms with Crippen molar-refractivity contribution >= 4 is 0 Å². The molecular formula is C9H22N4. The quantitative estimate of drug-likeness (QED) is 0.539. The third-order valence-electron chi connectivity index (χ3n) is 2.28. The van der Waals surface area contributed by atoms with Gasteiger partial charge >= 0.3 is 0 Å². The summed E-state index contributed by atoms with van der Waals surface area (Å²) < 4.78 is 0. The predicted molar refractivity (Wildman–Crippen MR) is 55.9 cm³/mol. The van der Waals surface area contributed by atoms with Gasteiger partial charge in [-0.3, -0.25) is 4.90 Å². The zero-order valence-corrected chi connectivity index (χ0v) is 8.84. The van der Waals surface area contributed by atoms with Crippen LogP contribution in [0.25, 0.3) is 0 Å². The normalized spacial score (nSPS) is 19.6. The maximum atomic E-state index is 3.44. The smallest absolute Gasteiger partial charge is 0.0481 e. The van der Waals surface area contributed by atoms with Gasteiger partial charge < -0.3 is 15.5 Å². The minimum absolute atomic E-state index is 1.04. The van der Waals surface area contributed by atoms with Crippen LogP contribution in [-0.2, 0) is 0 Å². The first-order chi connectivity index (χ1) is 6.29. The fourth-order valence-electron chi connectivity index (χ4n) is 1.41. The van der Waals surface area contributed by atoms with Crippen LogP contribution < -0.4 is 10.6 Å². The third kappa shape index (κ3) is 5.21. The molecule has 2 N–H and O–H groups in total. The first kappa shape index (κ1) is 10.9. The summed E-state index contributed by atoms with van der Waals surface area (Å²) >= 11 is 0. The lowest BCUT2D eigenvalue weighted by Gasteiger charge is -2.27. The molecule has 1 aliphatic heterocycles. The van der Waals surface area contributed by atoms with Crippen molar-refractivity contribution in [2.75, 3.05) is 60.0 Å². The molecule has 4 nitrogen and oxygen atoms in total. The van der Waals surface area contributed by atoms with E-state index in [1.54, 1.807) is 0 Å². The predicted octanol–water partition coefficient (Wildman–Crippen LogP) is -1.000. The SMILES string of the molecule is CN(C)CCNCN1CCNCC1. The maximum absolute atomic E-state index is 3.44. The van der Waals surface area contributed by atoms with Crippen molar-refractivity contribution in [1.29, 1.82) is 0 Å². The van der Waals surface area contributed by atoms with Gasteiger partial charge in [-0.1, -0.05) is 0 Å². The van der Waals surface area contributed by atoms with E-state index in [1.807, 2.05) is 0 Å². The summed E-state index contributed by atoms with van der Waals surface area (Å²) in [6.45, 7) is 7.85. The molecule has 1 aliphatic rings. The molecule has 0 aromatic carbocycles. The summed E-state index contributed by atoms with van der Waals surface area (Å²) in [6.07, 6.45) is 0. The molecule has 0 unspecified atom stereocenters. The van der Waals surface area contributed by atoms with Crippen LogP contribution in [0.15, 0.2) is 0 Å². The van der Waals surface area contributed by atoms with Crippen molar-refractivity contribution in [3.63, 3.8) is 0 Å². The monoisotopic (exact) mass is 186 g/mol. The second-order valence-corrected chi connectivity index (χ2v) is 3.83. The highest BCUT2D eigenvalue weighted by Gasteiger charge is 2.07. The number of likely N-dealkylation sites (N-methyl/N-ethyl adjacent to an activating group) is 1. The highest BCUT2D eigenvalue weighted by Crippen LogP contribution is 1.88. The van der Waals surface area contributed by atoms with Gasteiger partial charge in [0.2, 0.25) is 0 Å². The summed E-state index contributed by atoms with van der Waals surface area (Å²) in [4.78, 5) is 4.65. The Hall–Kier alpha value is -0.160. The van der Waals surface area contributed by atoms with E-state index < -0.39 is 0 Å². The van der Waals surface area contributed by atoms with Crippen LogP contribution in [0.2, 0.25) is 0 Å². The second kappa shape index (κ2) is 6.32. The van der Waals surface area contributed by atoms with Gasteiger partial charge in [-0.2, -0.15) is 0 Å². The first-order valence-corrected chi connectivity index (χ1v) is 5.07. The van der Waals surface area contributed by atoms with Crippen molar-refractivity contribution in [3.05, 3.63) is 0 Å². The average Bonchev–Trinajstić information content (AvgIpc) is 2.14. The molecule has 78 valence electrons. The average molecular weight is 186 g/mol. The lowest BCUT2D eigenvalue weighted by Crippen LogP contribution is -2.47. The Bertz CT molecular complexity index is 121. The summed E-state index contributed by atoms with van der Waals surface area (Å²) in [6, 6.07) is 0. The van der Waals surface area contributed by atoms with E-state index in [-0.39, 0.29) is 0 Å². The van der Waals surface area contributed by atoms with Crippen LogP contribution in [0.5, 0.6) is 0 Å². The van der Waals surface area contributed by atoms with Gasteiger partial charge in [0.1, 0.15) is 0 Å². The zero-order valence-electron chi connectivity index (χ0n) is 8.84. The lowest BCUT2D eigenvalue weighted by atomic mass is 10.4. The number of rotatable bonds is 5. The van der Waals surface area contributed by atoms with Gasteiger partial charge in [-0.05, 0) is 14.1 Å². The number of piperazine rings is 1. The number of nitrogens with zero attached hydrogens (tertiary/aromatic N) is 2. The summed E-state index contributed by atoms with van der Waals surface area (Å²) in [7, 11) is 4.21. The van der Waals surface area contributed by atoms with Crippen LogP contribution in [0.3, 0.4) is 0 Å². The van der Waals surface area contributed by atoms with E-state index in [0.717, 1.165) is 32.8 Å². The molecule has 0 bridgehead atoms. The summed E-state index contributed by atoms with van der Waals surface area (Å²) in [5.74, 6) is 0. The molecule has 0 aromatic heterocycles. The van der Waals surface area contributed by atoms with Crippen molar-refractivity contribution in [2.24, 2.45) is 0 Å². The Balaban J connectivity index is 1.92. The largest absolute Gasteiger partial charge is 0.314 e. The van der Waals surface area contributed by atoms with Gasteiger partial charge in [-0.25, -0.2) is 0 Å². The fraction of sp³-hybridized carbons (Fsp3) is 1.00. The number of hydrogen-bond donors (Lipinski definition) is 2. The fourth-order valence-corrected chi connectivity index (χ4v) is 1.41. The van der Waals surface area contributed by atoms with Crippen LogP contribution >= 0.6 is 0 Å². The Morgan fingerprint density at radius 1 is 1.31 bits per heavy atom. The molecule has 0 saturated carbocycles. The van der Waals surface area contributed by atoms with Crippen molar-refractivity contribution in [1.82, 2.24) is 20.4 Å². The molecule has 0 amide bonds. The molecule has 1 saturated heterocycles. The number of hydrogen-bond acceptors (Lipinski definition) is 4. The first-order valence-electron chi connectivity index (χ1n) is 5.07. The molecule has 0 atom stereocenters. The molecular weight excluding hydrogens is 164 g/mol. The Morgan fingerprint density at radius 2 is 2.00 bits per heavy atom. The Morgan fingerprint density at radius 3 is 2.62 bits per heavy atom. The molecule has 4 heteroatoms. The van der Waals surface area contributed by atoms with E-state index >= 15 is 0 Å². The van der Waals surface area contributed by atoms with E-state index in [4.69, 9.17) is 0 Å². The van der Waals surface area contributed by atoms with Crippen LogP contribution in [0, 0.1) is 0 Å².